The van der Waals surface area contributed by atoms with Crippen molar-refractivity contribution in [3.63, 3.8) is 0 Å². The van der Waals surface area contributed by atoms with Gasteiger partial charge in [0.2, 0.25) is 5.91 Å². The number of carbonyl (C=O) groups excluding carboxylic acids is 1. The SMILES string of the molecule is Cc1ccc([N+](=O)[O-])cc1NC(=O)CCCn1cccc1. The number of hydrogen-bond donors (Lipinski definition) is 1. The maximum Gasteiger partial charge on any atom is 0.271 e. The molecule has 0 saturated heterocycles. The van der Waals surface area contributed by atoms with Crippen molar-refractivity contribution in [3.8, 4) is 0 Å². The van der Waals surface area contributed by atoms with Crippen LogP contribution in [-0.4, -0.2) is 15.4 Å². The molecule has 0 fully saturated rings. The standard InChI is InChI=1S/C15H17N3O3/c1-12-6-7-13(18(20)21)11-14(12)16-15(19)5-4-10-17-8-2-3-9-17/h2-3,6-9,11H,4-5,10H2,1H3,(H,16,19). The molecule has 0 bridgehead atoms. The van der Waals surface area contributed by atoms with E-state index in [-0.39, 0.29) is 11.6 Å². The van der Waals surface area contributed by atoms with Crippen molar-refractivity contribution in [2.45, 2.75) is 26.3 Å². The number of benzene rings is 1. The predicted molar refractivity (Wildman–Crippen MR) is 80.1 cm³/mol. The van der Waals surface area contributed by atoms with Crippen LogP contribution >= 0.6 is 0 Å². The number of aromatic nitrogens is 1. The summed E-state index contributed by atoms with van der Waals surface area (Å²) in [5, 5.41) is 13.5. The first-order valence-corrected chi connectivity index (χ1v) is 6.72. The van der Waals surface area contributed by atoms with Crippen LogP contribution in [0.5, 0.6) is 0 Å². The molecule has 0 radical (unpaired) electrons. The molecular weight excluding hydrogens is 270 g/mol. The Kier molecular flexibility index (Phi) is 4.71. The number of nitrogens with one attached hydrogen (secondary N) is 1. The van der Waals surface area contributed by atoms with Crippen molar-refractivity contribution in [1.82, 2.24) is 4.57 Å². The second-order valence-corrected chi connectivity index (χ2v) is 4.83. The number of nitro benzene ring substituents is 1. The number of hydrogen-bond acceptors (Lipinski definition) is 3. The van der Waals surface area contributed by atoms with Gasteiger partial charge in [0, 0.05) is 37.5 Å². The van der Waals surface area contributed by atoms with Crippen LogP contribution in [0, 0.1) is 17.0 Å². The first-order valence-electron chi connectivity index (χ1n) is 6.72. The lowest BCUT2D eigenvalue weighted by atomic mass is 10.1. The molecule has 1 aromatic carbocycles. The number of amides is 1. The van der Waals surface area contributed by atoms with Gasteiger partial charge in [-0.15, -0.1) is 0 Å². The number of nitro groups is 1. The van der Waals surface area contributed by atoms with Gasteiger partial charge >= 0.3 is 0 Å². The smallest absolute Gasteiger partial charge is 0.271 e. The van der Waals surface area contributed by atoms with Crippen LogP contribution in [0.2, 0.25) is 0 Å². The zero-order valence-corrected chi connectivity index (χ0v) is 11.8. The fourth-order valence-electron chi connectivity index (χ4n) is 2.01. The Morgan fingerprint density at radius 3 is 2.71 bits per heavy atom. The summed E-state index contributed by atoms with van der Waals surface area (Å²) in [5.41, 5.74) is 1.28. The Morgan fingerprint density at radius 2 is 2.05 bits per heavy atom. The number of carbonyl (C=O) groups is 1. The van der Waals surface area contributed by atoms with Crippen molar-refractivity contribution in [1.29, 1.82) is 0 Å². The summed E-state index contributed by atoms with van der Waals surface area (Å²) in [6, 6.07) is 8.32. The number of anilines is 1. The maximum atomic E-state index is 11.9. The van der Waals surface area contributed by atoms with E-state index in [0.29, 0.717) is 18.5 Å². The third-order valence-corrected chi connectivity index (χ3v) is 3.19. The average Bonchev–Trinajstić information content (AvgIpc) is 2.94. The Hall–Kier alpha value is -2.63. The monoisotopic (exact) mass is 287 g/mol. The summed E-state index contributed by atoms with van der Waals surface area (Å²) < 4.78 is 2.01. The van der Waals surface area contributed by atoms with E-state index in [4.69, 9.17) is 0 Å². The zero-order valence-electron chi connectivity index (χ0n) is 11.8. The first-order chi connectivity index (χ1) is 10.1. The van der Waals surface area contributed by atoms with Crippen molar-refractivity contribution in [2.24, 2.45) is 0 Å². The minimum absolute atomic E-state index is 0.0248. The minimum Gasteiger partial charge on any atom is -0.354 e. The molecule has 0 unspecified atom stereocenters. The fourth-order valence-corrected chi connectivity index (χ4v) is 2.01. The second-order valence-electron chi connectivity index (χ2n) is 4.83. The van der Waals surface area contributed by atoms with Crippen LogP contribution in [0.1, 0.15) is 18.4 Å². The molecule has 6 nitrogen and oxygen atoms in total. The first kappa shape index (κ1) is 14.8. The molecule has 0 aliphatic heterocycles. The highest BCUT2D eigenvalue weighted by atomic mass is 16.6. The highest BCUT2D eigenvalue weighted by Gasteiger charge is 2.10. The van der Waals surface area contributed by atoms with Crippen LogP contribution in [0.4, 0.5) is 11.4 Å². The van der Waals surface area contributed by atoms with Gasteiger partial charge in [0.05, 0.1) is 10.6 Å². The van der Waals surface area contributed by atoms with Gasteiger partial charge in [-0.1, -0.05) is 6.07 Å². The van der Waals surface area contributed by atoms with E-state index in [0.717, 1.165) is 12.1 Å². The van der Waals surface area contributed by atoms with Crippen molar-refractivity contribution >= 4 is 17.3 Å². The van der Waals surface area contributed by atoms with Gasteiger partial charge in [-0.3, -0.25) is 14.9 Å². The number of rotatable bonds is 6. The van der Waals surface area contributed by atoms with Gasteiger partial charge in [-0.05, 0) is 31.0 Å². The summed E-state index contributed by atoms with van der Waals surface area (Å²) in [6.07, 6.45) is 4.99. The van der Waals surface area contributed by atoms with Crippen molar-refractivity contribution in [3.05, 3.63) is 58.4 Å². The van der Waals surface area contributed by atoms with E-state index in [9.17, 15) is 14.9 Å². The Labute approximate surface area is 122 Å². The van der Waals surface area contributed by atoms with E-state index in [1.165, 1.54) is 12.1 Å². The maximum absolute atomic E-state index is 11.9. The zero-order chi connectivity index (χ0) is 15.2. The Bertz CT molecular complexity index is 636. The molecule has 110 valence electrons. The van der Waals surface area contributed by atoms with E-state index >= 15 is 0 Å². The van der Waals surface area contributed by atoms with Crippen molar-refractivity contribution < 1.29 is 9.72 Å². The summed E-state index contributed by atoms with van der Waals surface area (Å²) in [5.74, 6) is -0.134. The second kappa shape index (κ2) is 6.69. The average molecular weight is 287 g/mol. The predicted octanol–water partition coefficient (Wildman–Crippen LogP) is 3.12. The van der Waals surface area contributed by atoms with E-state index < -0.39 is 4.92 Å². The lowest BCUT2D eigenvalue weighted by molar-refractivity contribution is -0.384. The Morgan fingerprint density at radius 1 is 1.33 bits per heavy atom. The summed E-state index contributed by atoms with van der Waals surface area (Å²) >= 11 is 0. The van der Waals surface area contributed by atoms with Gasteiger partial charge in [-0.25, -0.2) is 0 Å². The third-order valence-electron chi connectivity index (χ3n) is 3.19. The van der Waals surface area contributed by atoms with Crippen LogP contribution in [-0.2, 0) is 11.3 Å². The van der Waals surface area contributed by atoms with Crippen LogP contribution in [0.3, 0.4) is 0 Å². The van der Waals surface area contributed by atoms with Gasteiger partial charge in [0.15, 0.2) is 0 Å². The lowest BCUT2D eigenvalue weighted by Crippen LogP contribution is -2.13. The summed E-state index contributed by atoms with van der Waals surface area (Å²) in [4.78, 5) is 22.2. The fraction of sp³-hybridized carbons (Fsp3) is 0.267. The molecule has 1 N–H and O–H groups in total. The molecule has 0 saturated carbocycles. The molecule has 1 aromatic heterocycles. The third kappa shape index (κ3) is 4.17. The van der Waals surface area contributed by atoms with E-state index in [1.807, 2.05) is 29.1 Å². The summed E-state index contributed by atoms with van der Waals surface area (Å²) in [7, 11) is 0. The van der Waals surface area contributed by atoms with Gasteiger partial charge in [-0.2, -0.15) is 0 Å². The number of aryl methyl sites for hydroxylation is 2. The molecule has 2 rings (SSSR count). The normalized spacial score (nSPS) is 10.3. The van der Waals surface area contributed by atoms with E-state index in [2.05, 4.69) is 5.32 Å². The molecule has 0 atom stereocenters. The number of non-ortho nitro benzene ring substituents is 1. The molecular formula is C15H17N3O3. The van der Waals surface area contributed by atoms with Gasteiger partial charge < -0.3 is 9.88 Å². The summed E-state index contributed by atoms with van der Waals surface area (Å²) in [6.45, 7) is 2.58. The molecule has 0 aliphatic carbocycles. The minimum atomic E-state index is -0.471. The van der Waals surface area contributed by atoms with Gasteiger partial charge in [0.25, 0.3) is 5.69 Å². The molecule has 0 spiro atoms. The molecule has 1 amide bonds. The molecule has 21 heavy (non-hydrogen) atoms. The highest BCUT2D eigenvalue weighted by Crippen LogP contribution is 2.22. The quantitative estimate of drug-likeness (QED) is 0.655. The van der Waals surface area contributed by atoms with Crippen LogP contribution in [0.15, 0.2) is 42.7 Å². The van der Waals surface area contributed by atoms with Crippen molar-refractivity contribution in [2.75, 3.05) is 5.32 Å². The lowest BCUT2D eigenvalue weighted by Gasteiger charge is -2.08. The topological polar surface area (TPSA) is 77.2 Å². The molecule has 2 aromatic rings. The van der Waals surface area contributed by atoms with E-state index in [1.54, 1.807) is 13.0 Å². The largest absolute Gasteiger partial charge is 0.354 e. The van der Waals surface area contributed by atoms with Crippen LogP contribution in [0.25, 0.3) is 0 Å². The van der Waals surface area contributed by atoms with Crippen LogP contribution < -0.4 is 5.32 Å². The van der Waals surface area contributed by atoms with Gasteiger partial charge in [0.1, 0.15) is 0 Å². The highest BCUT2D eigenvalue weighted by molar-refractivity contribution is 5.91. The molecule has 6 heteroatoms. The molecule has 0 aliphatic rings. The number of nitrogens with zero attached hydrogens (tertiary/aromatic N) is 2. The molecule has 1 heterocycles. The Balaban J connectivity index is 1.90.